The summed E-state index contributed by atoms with van der Waals surface area (Å²) in [5.74, 6) is 0. The largest absolute Gasteiger partial charge is 0.366 e. The number of thiocarbonyl (C=S) groups is 1. The quantitative estimate of drug-likeness (QED) is 0.777. The van der Waals surface area contributed by atoms with Crippen molar-refractivity contribution in [2.75, 3.05) is 12.4 Å². The number of hydrogen-bond acceptors (Lipinski definition) is 1. The van der Waals surface area contributed by atoms with Gasteiger partial charge >= 0.3 is 0 Å². The molecule has 2 nitrogen and oxygen atoms in total. The van der Waals surface area contributed by atoms with Crippen LogP contribution in [0, 0.1) is 6.92 Å². The second-order valence-corrected chi connectivity index (χ2v) is 4.46. The van der Waals surface area contributed by atoms with Gasteiger partial charge in [0.25, 0.3) is 0 Å². The minimum Gasteiger partial charge on any atom is -0.366 e. The topological polar surface area (TPSA) is 24.1 Å². The fourth-order valence-corrected chi connectivity index (χ4v) is 1.76. The average Bonchev–Trinajstić information content (AvgIpc) is 2.14. The van der Waals surface area contributed by atoms with Gasteiger partial charge in [-0.15, -0.1) is 0 Å². The molecule has 0 aliphatic rings. The predicted octanol–water partition coefficient (Wildman–Crippen LogP) is 3.33. The molecule has 0 radical (unpaired) electrons. The van der Waals surface area contributed by atoms with Crippen molar-refractivity contribution in [3.63, 3.8) is 0 Å². The second-order valence-electron chi connectivity index (χ2n) is 2.79. The van der Waals surface area contributed by atoms with Gasteiger partial charge in [0.15, 0.2) is 5.11 Å². The zero-order valence-corrected chi connectivity index (χ0v) is 11.0. The van der Waals surface area contributed by atoms with Crippen molar-refractivity contribution >= 4 is 50.5 Å². The molecule has 2 N–H and O–H groups in total. The lowest BCUT2D eigenvalue weighted by molar-refractivity contribution is 1.19. The molecular formula is C9H10BrClN2S. The van der Waals surface area contributed by atoms with Crippen LogP contribution < -0.4 is 10.6 Å². The van der Waals surface area contributed by atoms with E-state index in [0.29, 0.717) is 5.11 Å². The van der Waals surface area contributed by atoms with E-state index in [2.05, 4.69) is 26.6 Å². The van der Waals surface area contributed by atoms with Crippen molar-refractivity contribution in [2.24, 2.45) is 0 Å². The van der Waals surface area contributed by atoms with Crippen LogP contribution in [0.25, 0.3) is 0 Å². The molecule has 0 amide bonds. The summed E-state index contributed by atoms with van der Waals surface area (Å²) in [6.07, 6.45) is 0. The molecule has 0 aliphatic heterocycles. The molecule has 0 unspecified atom stereocenters. The van der Waals surface area contributed by atoms with Crippen LogP contribution in [0.15, 0.2) is 16.6 Å². The third-order valence-corrected chi connectivity index (χ3v) is 3.09. The predicted molar refractivity (Wildman–Crippen MR) is 69.2 cm³/mol. The molecule has 1 aromatic rings. The van der Waals surface area contributed by atoms with Crippen LogP contribution in [0.5, 0.6) is 0 Å². The summed E-state index contributed by atoms with van der Waals surface area (Å²) in [7, 11) is 1.76. The highest BCUT2D eigenvalue weighted by molar-refractivity contribution is 9.10. The Bertz CT molecular complexity index is 368. The molecule has 0 saturated carbocycles. The summed E-state index contributed by atoms with van der Waals surface area (Å²) >= 11 is 14.4. The Hall–Kier alpha value is -0.320. The molecule has 0 spiro atoms. The van der Waals surface area contributed by atoms with Crippen molar-refractivity contribution in [1.29, 1.82) is 0 Å². The highest BCUT2D eigenvalue weighted by Gasteiger charge is 2.04. The molecule has 76 valence electrons. The van der Waals surface area contributed by atoms with Gasteiger partial charge in [0, 0.05) is 16.5 Å². The van der Waals surface area contributed by atoms with Gasteiger partial charge in [0.1, 0.15) is 0 Å². The number of hydrogen-bond donors (Lipinski definition) is 2. The van der Waals surface area contributed by atoms with Gasteiger partial charge in [-0.05, 0) is 52.8 Å². The van der Waals surface area contributed by atoms with Gasteiger partial charge in [0.05, 0.1) is 5.69 Å². The summed E-state index contributed by atoms with van der Waals surface area (Å²) in [6, 6.07) is 3.79. The molecule has 0 saturated heterocycles. The first-order valence-electron chi connectivity index (χ1n) is 3.99. The van der Waals surface area contributed by atoms with E-state index in [9.17, 15) is 0 Å². The third-order valence-electron chi connectivity index (χ3n) is 1.72. The van der Waals surface area contributed by atoms with Gasteiger partial charge in [-0.3, -0.25) is 0 Å². The zero-order valence-electron chi connectivity index (χ0n) is 7.82. The van der Waals surface area contributed by atoms with E-state index in [1.807, 2.05) is 19.1 Å². The van der Waals surface area contributed by atoms with Crippen molar-refractivity contribution < 1.29 is 0 Å². The maximum Gasteiger partial charge on any atom is 0.170 e. The molecule has 0 aliphatic carbocycles. The Morgan fingerprint density at radius 2 is 2.14 bits per heavy atom. The molecule has 5 heteroatoms. The molecule has 0 atom stereocenters. The first-order chi connectivity index (χ1) is 6.54. The summed E-state index contributed by atoms with van der Waals surface area (Å²) in [5.41, 5.74) is 1.89. The van der Waals surface area contributed by atoms with E-state index in [4.69, 9.17) is 23.8 Å². The molecular weight excluding hydrogens is 284 g/mol. The highest BCUT2D eigenvalue weighted by Crippen LogP contribution is 2.28. The first kappa shape index (κ1) is 11.8. The molecule has 0 bridgehead atoms. The number of benzene rings is 1. The molecule has 14 heavy (non-hydrogen) atoms. The van der Waals surface area contributed by atoms with Gasteiger partial charge in [-0.25, -0.2) is 0 Å². The van der Waals surface area contributed by atoms with Gasteiger partial charge in [-0.1, -0.05) is 11.6 Å². The molecule has 1 rings (SSSR count). The van der Waals surface area contributed by atoms with E-state index in [1.165, 1.54) is 0 Å². The monoisotopic (exact) mass is 292 g/mol. The van der Waals surface area contributed by atoms with Crippen molar-refractivity contribution in [3.05, 3.63) is 27.2 Å². The number of rotatable bonds is 1. The van der Waals surface area contributed by atoms with Gasteiger partial charge < -0.3 is 10.6 Å². The smallest absolute Gasteiger partial charge is 0.170 e. The van der Waals surface area contributed by atoms with Crippen LogP contribution in [0.2, 0.25) is 5.02 Å². The standard InChI is InChI=1S/C9H10BrClN2S/c1-5-3-6(10)8(4-7(5)11)13-9(14)12-2/h3-4H,1-2H3,(H2,12,13,14). The maximum absolute atomic E-state index is 5.99. The van der Waals surface area contributed by atoms with Crippen LogP contribution in [-0.4, -0.2) is 12.2 Å². The van der Waals surface area contributed by atoms with E-state index in [0.717, 1.165) is 20.7 Å². The Morgan fingerprint density at radius 1 is 1.50 bits per heavy atom. The lowest BCUT2D eigenvalue weighted by Crippen LogP contribution is -2.24. The lowest BCUT2D eigenvalue weighted by Gasteiger charge is -2.10. The SMILES string of the molecule is CNC(=S)Nc1cc(Cl)c(C)cc1Br. The van der Waals surface area contributed by atoms with Crippen LogP contribution in [0.3, 0.4) is 0 Å². The normalized spacial score (nSPS) is 9.71. The summed E-state index contributed by atoms with van der Waals surface area (Å²) < 4.78 is 0.942. The van der Waals surface area contributed by atoms with E-state index >= 15 is 0 Å². The minimum absolute atomic E-state index is 0.561. The summed E-state index contributed by atoms with van der Waals surface area (Å²) in [4.78, 5) is 0. The number of aryl methyl sites for hydroxylation is 1. The summed E-state index contributed by atoms with van der Waals surface area (Å²) in [5, 5.41) is 7.13. The summed E-state index contributed by atoms with van der Waals surface area (Å²) in [6.45, 7) is 1.95. The molecule has 0 aromatic heterocycles. The third kappa shape index (κ3) is 2.83. The fraction of sp³-hybridized carbons (Fsp3) is 0.222. The number of halogens is 2. The Balaban J connectivity index is 2.98. The van der Waals surface area contributed by atoms with Crippen LogP contribution in [-0.2, 0) is 0 Å². The van der Waals surface area contributed by atoms with E-state index in [-0.39, 0.29) is 0 Å². The van der Waals surface area contributed by atoms with Gasteiger partial charge in [-0.2, -0.15) is 0 Å². The second kappa shape index (κ2) is 4.96. The van der Waals surface area contributed by atoms with Crippen molar-refractivity contribution in [3.8, 4) is 0 Å². The van der Waals surface area contributed by atoms with Crippen LogP contribution >= 0.6 is 39.7 Å². The fourth-order valence-electron chi connectivity index (χ4n) is 0.927. The number of nitrogens with one attached hydrogen (secondary N) is 2. The van der Waals surface area contributed by atoms with E-state index in [1.54, 1.807) is 7.05 Å². The Kier molecular flexibility index (Phi) is 4.16. The molecule has 0 fully saturated rings. The lowest BCUT2D eigenvalue weighted by atomic mass is 10.2. The van der Waals surface area contributed by atoms with Crippen molar-refractivity contribution in [1.82, 2.24) is 5.32 Å². The number of anilines is 1. The average molecular weight is 294 g/mol. The first-order valence-corrected chi connectivity index (χ1v) is 5.57. The Morgan fingerprint density at radius 3 is 2.71 bits per heavy atom. The maximum atomic E-state index is 5.99. The van der Waals surface area contributed by atoms with Crippen molar-refractivity contribution in [2.45, 2.75) is 6.92 Å². The molecule has 0 heterocycles. The molecule has 1 aromatic carbocycles. The van der Waals surface area contributed by atoms with E-state index < -0.39 is 0 Å². The zero-order chi connectivity index (χ0) is 10.7. The van der Waals surface area contributed by atoms with Crippen LogP contribution in [0.4, 0.5) is 5.69 Å². The van der Waals surface area contributed by atoms with Gasteiger partial charge in [0.2, 0.25) is 0 Å². The minimum atomic E-state index is 0.561. The van der Waals surface area contributed by atoms with Crippen LogP contribution in [0.1, 0.15) is 5.56 Å². The highest BCUT2D eigenvalue weighted by atomic mass is 79.9. The Labute approximate surface area is 102 Å².